The van der Waals surface area contributed by atoms with Crippen molar-refractivity contribution in [2.75, 3.05) is 4.90 Å². The second-order valence-electron chi connectivity index (χ2n) is 4.47. The quantitative estimate of drug-likeness (QED) is 0.396. The molecule has 0 bridgehead atoms. The maximum absolute atomic E-state index is 12.5. The van der Waals surface area contributed by atoms with Crippen LogP contribution >= 0.6 is 45.5 Å². The van der Waals surface area contributed by atoms with E-state index in [0.29, 0.717) is 21.2 Å². The van der Waals surface area contributed by atoms with Crippen LogP contribution in [0.4, 0.5) is 10.5 Å². The van der Waals surface area contributed by atoms with E-state index in [4.69, 9.17) is 17.3 Å². The van der Waals surface area contributed by atoms with Crippen LogP contribution in [0, 0.1) is 2.88 Å². The number of amides is 3. The van der Waals surface area contributed by atoms with Crippen LogP contribution in [0.1, 0.15) is 10.4 Å². The third-order valence-corrected chi connectivity index (χ3v) is 5.29. The standard InChI is InChI=1S/C14H8ClIN2O3S/c15-6-1-2-8-7(5-6)11(13(20)18(8)14(17)21)12(19)9-3-4-10(16)22-9/h1-5,19H,(H2,17,21). The highest BCUT2D eigenvalue weighted by Gasteiger charge is 2.38. The van der Waals surface area contributed by atoms with Crippen LogP contribution in [0.25, 0.3) is 11.3 Å². The Morgan fingerprint density at radius 2 is 2.05 bits per heavy atom. The fraction of sp³-hybridized carbons (Fsp3) is 0. The van der Waals surface area contributed by atoms with Crippen LogP contribution < -0.4 is 10.6 Å². The molecule has 0 saturated carbocycles. The fourth-order valence-corrected chi connectivity index (χ4v) is 4.00. The van der Waals surface area contributed by atoms with E-state index in [1.54, 1.807) is 12.1 Å². The number of carbonyl (C=O) groups is 2. The molecule has 3 rings (SSSR count). The smallest absolute Gasteiger partial charge is 0.326 e. The van der Waals surface area contributed by atoms with Crippen molar-refractivity contribution >= 4 is 74.5 Å². The number of aliphatic hydroxyl groups excluding tert-OH is 1. The molecule has 0 atom stereocenters. The number of aliphatic hydroxyl groups is 1. The molecule has 5 nitrogen and oxygen atoms in total. The first-order valence-corrected chi connectivity index (χ1v) is 8.30. The molecule has 0 saturated heterocycles. The number of halogens is 2. The lowest BCUT2D eigenvalue weighted by Crippen LogP contribution is -2.37. The Bertz CT molecular complexity index is 846. The van der Waals surface area contributed by atoms with Gasteiger partial charge in [0.05, 0.1) is 19.0 Å². The van der Waals surface area contributed by atoms with E-state index >= 15 is 0 Å². The van der Waals surface area contributed by atoms with E-state index in [1.807, 2.05) is 6.07 Å². The molecule has 8 heteroatoms. The maximum Gasteiger partial charge on any atom is 0.326 e. The largest absolute Gasteiger partial charge is 0.506 e. The summed E-state index contributed by atoms with van der Waals surface area (Å²) in [5.41, 5.74) is 6.00. The molecular weight excluding hydrogens is 439 g/mol. The minimum Gasteiger partial charge on any atom is -0.506 e. The molecule has 0 aliphatic carbocycles. The van der Waals surface area contributed by atoms with E-state index in [1.165, 1.54) is 23.5 Å². The van der Waals surface area contributed by atoms with E-state index in [-0.39, 0.29) is 11.3 Å². The number of rotatable bonds is 1. The number of hydrogen-bond acceptors (Lipinski definition) is 4. The summed E-state index contributed by atoms with van der Waals surface area (Å²) in [5.74, 6) is -0.851. The molecule has 1 aliphatic heterocycles. The molecule has 0 unspecified atom stereocenters. The number of thiophene rings is 1. The van der Waals surface area contributed by atoms with Gasteiger partial charge in [0.25, 0.3) is 5.91 Å². The van der Waals surface area contributed by atoms with Crippen molar-refractivity contribution in [3.8, 4) is 0 Å². The van der Waals surface area contributed by atoms with Gasteiger partial charge < -0.3 is 10.8 Å². The van der Waals surface area contributed by atoms with Gasteiger partial charge >= 0.3 is 6.03 Å². The number of urea groups is 1. The van der Waals surface area contributed by atoms with Gasteiger partial charge in [-0.2, -0.15) is 0 Å². The zero-order valence-corrected chi connectivity index (χ0v) is 14.6. The predicted octanol–water partition coefficient (Wildman–Crippen LogP) is 3.86. The van der Waals surface area contributed by atoms with Crippen LogP contribution in [0.5, 0.6) is 0 Å². The average molecular weight is 447 g/mol. The lowest BCUT2D eigenvalue weighted by Gasteiger charge is -2.11. The second-order valence-corrected chi connectivity index (χ2v) is 7.88. The van der Waals surface area contributed by atoms with E-state index in [9.17, 15) is 14.7 Å². The van der Waals surface area contributed by atoms with Gasteiger partial charge in [0, 0.05) is 10.6 Å². The van der Waals surface area contributed by atoms with Crippen LogP contribution in [-0.4, -0.2) is 17.0 Å². The number of anilines is 1. The molecular formula is C14H8ClIN2O3S. The highest BCUT2D eigenvalue weighted by atomic mass is 127. The number of carbonyl (C=O) groups excluding carboxylic acids is 2. The Hall–Kier alpha value is -1.58. The normalized spacial score (nSPS) is 15.9. The van der Waals surface area contributed by atoms with Gasteiger partial charge in [-0.3, -0.25) is 4.79 Å². The van der Waals surface area contributed by atoms with Gasteiger partial charge in [0.2, 0.25) is 0 Å². The van der Waals surface area contributed by atoms with Crippen molar-refractivity contribution in [1.29, 1.82) is 0 Å². The molecule has 2 aromatic rings. The summed E-state index contributed by atoms with van der Waals surface area (Å²) in [7, 11) is 0. The first-order valence-electron chi connectivity index (χ1n) is 6.03. The molecule has 3 amide bonds. The maximum atomic E-state index is 12.5. The topological polar surface area (TPSA) is 83.6 Å². The van der Waals surface area contributed by atoms with Crippen molar-refractivity contribution in [3.63, 3.8) is 0 Å². The van der Waals surface area contributed by atoms with Crippen LogP contribution in [0.2, 0.25) is 5.02 Å². The summed E-state index contributed by atoms with van der Waals surface area (Å²) in [6.07, 6.45) is 0. The third kappa shape index (κ3) is 2.38. The van der Waals surface area contributed by atoms with Gasteiger partial charge in [-0.25, -0.2) is 9.69 Å². The molecule has 0 radical (unpaired) electrons. The van der Waals surface area contributed by atoms with Crippen molar-refractivity contribution in [2.45, 2.75) is 0 Å². The molecule has 0 fully saturated rings. The molecule has 0 spiro atoms. The van der Waals surface area contributed by atoms with Crippen molar-refractivity contribution in [3.05, 3.63) is 48.7 Å². The minimum absolute atomic E-state index is 0.0227. The zero-order chi connectivity index (χ0) is 16.0. The van der Waals surface area contributed by atoms with Crippen molar-refractivity contribution in [2.24, 2.45) is 5.73 Å². The molecule has 1 aliphatic rings. The van der Waals surface area contributed by atoms with E-state index in [0.717, 1.165) is 7.78 Å². The Morgan fingerprint density at radius 3 is 2.64 bits per heavy atom. The lowest BCUT2D eigenvalue weighted by atomic mass is 10.1. The summed E-state index contributed by atoms with van der Waals surface area (Å²) in [4.78, 5) is 25.4. The lowest BCUT2D eigenvalue weighted by molar-refractivity contribution is -0.112. The van der Waals surface area contributed by atoms with Crippen LogP contribution in [0.3, 0.4) is 0 Å². The SMILES string of the molecule is NC(=O)N1C(=O)C(=C(O)c2ccc(I)s2)c2cc(Cl)ccc21. The molecule has 2 heterocycles. The number of hydrogen-bond donors (Lipinski definition) is 2. The number of imide groups is 1. The Labute approximate surface area is 148 Å². The van der Waals surface area contributed by atoms with Crippen molar-refractivity contribution < 1.29 is 14.7 Å². The second kappa shape index (κ2) is 5.56. The Kier molecular flexibility index (Phi) is 3.87. The predicted molar refractivity (Wildman–Crippen MR) is 95.0 cm³/mol. The molecule has 22 heavy (non-hydrogen) atoms. The Morgan fingerprint density at radius 1 is 1.32 bits per heavy atom. The first-order chi connectivity index (χ1) is 10.4. The summed E-state index contributed by atoms with van der Waals surface area (Å²) < 4.78 is 0.961. The van der Waals surface area contributed by atoms with Crippen molar-refractivity contribution in [1.82, 2.24) is 0 Å². The van der Waals surface area contributed by atoms with Gasteiger partial charge in [0.1, 0.15) is 5.76 Å². The molecule has 3 N–H and O–H groups in total. The molecule has 1 aromatic carbocycles. The van der Waals surface area contributed by atoms with E-state index < -0.39 is 11.9 Å². The number of benzene rings is 1. The monoisotopic (exact) mass is 446 g/mol. The van der Waals surface area contributed by atoms with Gasteiger partial charge in [-0.15, -0.1) is 11.3 Å². The highest BCUT2D eigenvalue weighted by molar-refractivity contribution is 14.1. The Balaban J connectivity index is 2.27. The average Bonchev–Trinajstić information content (AvgIpc) is 2.98. The highest BCUT2D eigenvalue weighted by Crippen LogP contribution is 2.42. The number of nitrogens with two attached hydrogens (primary N) is 1. The van der Waals surface area contributed by atoms with Gasteiger partial charge in [-0.05, 0) is 52.9 Å². The summed E-state index contributed by atoms with van der Waals surface area (Å²) in [6.45, 7) is 0. The van der Waals surface area contributed by atoms with Crippen LogP contribution in [0.15, 0.2) is 30.3 Å². The van der Waals surface area contributed by atoms with E-state index in [2.05, 4.69) is 22.6 Å². The summed E-state index contributed by atoms with van der Waals surface area (Å²) >= 11 is 9.42. The molecule has 112 valence electrons. The number of primary amides is 1. The molecule has 1 aromatic heterocycles. The van der Waals surface area contributed by atoms with Crippen LogP contribution in [-0.2, 0) is 4.79 Å². The fourth-order valence-electron chi connectivity index (χ4n) is 2.25. The van der Waals surface area contributed by atoms with Gasteiger partial charge in [0.15, 0.2) is 0 Å². The zero-order valence-electron chi connectivity index (χ0n) is 10.8. The minimum atomic E-state index is -0.905. The summed E-state index contributed by atoms with van der Waals surface area (Å²) in [5, 5.41) is 10.9. The number of fused-ring (bicyclic) bond motifs is 1. The van der Waals surface area contributed by atoms with Gasteiger partial charge in [-0.1, -0.05) is 11.6 Å². The third-order valence-electron chi connectivity index (χ3n) is 3.15. The first kappa shape index (κ1) is 15.3. The number of nitrogens with zero attached hydrogens (tertiary/aromatic N) is 1. The summed E-state index contributed by atoms with van der Waals surface area (Å²) in [6, 6.07) is 7.23.